The molecule has 2 heterocycles. The molecule has 0 bridgehead atoms. The van der Waals surface area contributed by atoms with Crippen LogP contribution < -0.4 is 0 Å². The van der Waals surface area contributed by atoms with Gasteiger partial charge in [0, 0.05) is 13.1 Å². The third kappa shape index (κ3) is 7.15. The van der Waals surface area contributed by atoms with E-state index in [1.54, 1.807) is 18.2 Å². The fourth-order valence-corrected chi connectivity index (χ4v) is 5.36. The number of rotatable bonds is 11. The highest BCUT2D eigenvalue weighted by atomic mass is 32.2. The second kappa shape index (κ2) is 12.3. The minimum Gasteiger partial charge on any atom is -0.432 e. The monoisotopic (exact) mass is 510 g/mol. The van der Waals surface area contributed by atoms with Crippen LogP contribution in [0.15, 0.2) is 35.2 Å². The molecule has 1 aromatic rings. The van der Waals surface area contributed by atoms with Gasteiger partial charge in [-0.15, -0.1) is 0 Å². The standard InChI is InChI=1S/C23H34N4O7S/c1-3-24(4-2)14-15-27-23(30)26(16-17-35(31,32)19-10-6-5-7-11-19)20(18-25-12-8-9-13-25)33-21(28)22(29)34-27/h5-7,10-11,20H,3-4,8-9,12-18H2,1-2H3. The molecule has 2 aliphatic rings. The van der Waals surface area contributed by atoms with Crippen molar-refractivity contribution >= 4 is 27.8 Å². The van der Waals surface area contributed by atoms with Crippen LogP contribution in [0.3, 0.4) is 0 Å². The number of hydroxylamine groups is 2. The van der Waals surface area contributed by atoms with Crippen LogP contribution in [0.5, 0.6) is 0 Å². The van der Waals surface area contributed by atoms with Gasteiger partial charge in [0.25, 0.3) is 0 Å². The Morgan fingerprint density at radius 2 is 1.63 bits per heavy atom. The maximum Gasteiger partial charge on any atom is 0.441 e. The van der Waals surface area contributed by atoms with Gasteiger partial charge in [-0.1, -0.05) is 32.0 Å². The highest BCUT2D eigenvalue weighted by molar-refractivity contribution is 7.91. The van der Waals surface area contributed by atoms with Crippen LogP contribution in [0, 0.1) is 0 Å². The minimum absolute atomic E-state index is 0.0257. The van der Waals surface area contributed by atoms with Crippen molar-refractivity contribution in [1.29, 1.82) is 0 Å². The molecule has 0 radical (unpaired) electrons. The fourth-order valence-electron chi connectivity index (χ4n) is 4.12. The number of sulfone groups is 1. The van der Waals surface area contributed by atoms with Gasteiger partial charge in [-0.2, -0.15) is 5.06 Å². The van der Waals surface area contributed by atoms with E-state index in [1.165, 1.54) is 17.0 Å². The first-order chi connectivity index (χ1) is 16.7. The minimum atomic E-state index is -3.71. The van der Waals surface area contributed by atoms with Gasteiger partial charge in [-0.25, -0.2) is 22.8 Å². The SMILES string of the molecule is CCN(CC)CCN1OC(=O)C(=O)OC(CN2CCCC2)N(CCS(=O)(=O)c2ccccc2)C1=O. The molecule has 0 aromatic heterocycles. The van der Waals surface area contributed by atoms with E-state index in [2.05, 4.69) is 0 Å². The second-order valence-electron chi connectivity index (χ2n) is 8.48. The number of likely N-dealkylation sites (N-methyl/N-ethyl adjacent to an activating group) is 1. The van der Waals surface area contributed by atoms with E-state index in [1.807, 2.05) is 23.6 Å². The summed E-state index contributed by atoms with van der Waals surface area (Å²) in [6, 6.07) is 7.23. The van der Waals surface area contributed by atoms with Crippen LogP contribution in [0.1, 0.15) is 26.7 Å². The van der Waals surface area contributed by atoms with Gasteiger partial charge in [0.05, 0.1) is 23.7 Å². The Morgan fingerprint density at radius 1 is 0.971 bits per heavy atom. The van der Waals surface area contributed by atoms with Crippen LogP contribution in [-0.4, -0.2) is 110 Å². The summed E-state index contributed by atoms with van der Waals surface area (Å²) in [7, 11) is -3.71. The number of nitrogens with zero attached hydrogens (tertiary/aromatic N) is 4. The molecule has 2 fully saturated rings. The Bertz CT molecular complexity index is 979. The lowest BCUT2D eigenvalue weighted by Crippen LogP contribution is -2.58. The molecule has 194 valence electrons. The van der Waals surface area contributed by atoms with Crippen molar-refractivity contribution in [3.63, 3.8) is 0 Å². The highest BCUT2D eigenvalue weighted by Gasteiger charge is 2.40. The molecule has 1 aromatic carbocycles. The van der Waals surface area contributed by atoms with Crippen molar-refractivity contribution in [2.45, 2.75) is 37.8 Å². The lowest BCUT2D eigenvalue weighted by Gasteiger charge is -2.38. The summed E-state index contributed by atoms with van der Waals surface area (Å²) < 4.78 is 31.2. The predicted octanol–water partition coefficient (Wildman–Crippen LogP) is 0.963. The van der Waals surface area contributed by atoms with Crippen molar-refractivity contribution in [3.8, 4) is 0 Å². The molecule has 2 saturated heterocycles. The number of likely N-dealkylation sites (tertiary alicyclic amines) is 1. The van der Waals surface area contributed by atoms with Gasteiger partial charge in [0.1, 0.15) is 0 Å². The number of hydrogen-bond donors (Lipinski definition) is 0. The summed E-state index contributed by atoms with van der Waals surface area (Å²) in [4.78, 5) is 48.6. The van der Waals surface area contributed by atoms with E-state index < -0.39 is 34.0 Å². The summed E-state index contributed by atoms with van der Waals surface area (Å²) >= 11 is 0. The number of amides is 2. The third-order valence-corrected chi connectivity index (χ3v) is 7.95. The molecular weight excluding hydrogens is 476 g/mol. The number of esters is 1. The summed E-state index contributed by atoms with van der Waals surface area (Å²) in [6.45, 7) is 7.29. The Morgan fingerprint density at radius 3 is 2.26 bits per heavy atom. The van der Waals surface area contributed by atoms with E-state index in [0.717, 1.165) is 44.1 Å². The molecular formula is C23H34N4O7S. The molecule has 2 aliphatic heterocycles. The normalized spacial score (nSPS) is 20.1. The van der Waals surface area contributed by atoms with E-state index in [-0.39, 0.29) is 30.3 Å². The Kier molecular flexibility index (Phi) is 9.47. The quantitative estimate of drug-likeness (QED) is 0.317. The van der Waals surface area contributed by atoms with Crippen molar-refractivity contribution in [2.75, 3.05) is 58.1 Å². The maximum atomic E-state index is 13.5. The van der Waals surface area contributed by atoms with Crippen molar-refractivity contribution in [3.05, 3.63) is 30.3 Å². The Hall–Kier alpha value is -2.70. The number of benzene rings is 1. The fraction of sp³-hybridized carbons (Fsp3) is 0.609. The lowest BCUT2D eigenvalue weighted by molar-refractivity contribution is -0.206. The molecule has 0 spiro atoms. The second-order valence-corrected chi connectivity index (χ2v) is 10.6. The topological polar surface area (TPSA) is 117 Å². The summed E-state index contributed by atoms with van der Waals surface area (Å²) in [6.07, 6.45) is 0.812. The predicted molar refractivity (Wildman–Crippen MR) is 127 cm³/mol. The number of cyclic esters (lactones) is 1. The molecule has 0 aliphatic carbocycles. The first-order valence-corrected chi connectivity index (χ1v) is 13.6. The third-order valence-electron chi connectivity index (χ3n) is 6.24. The average Bonchev–Trinajstić information content (AvgIpc) is 3.36. The Balaban J connectivity index is 1.86. The van der Waals surface area contributed by atoms with Gasteiger partial charge >= 0.3 is 18.0 Å². The van der Waals surface area contributed by atoms with Crippen molar-refractivity contribution < 1.29 is 32.4 Å². The van der Waals surface area contributed by atoms with E-state index >= 15 is 0 Å². The van der Waals surface area contributed by atoms with Crippen LogP contribution in [0.25, 0.3) is 0 Å². The number of hydrogen-bond acceptors (Lipinski definition) is 9. The van der Waals surface area contributed by atoms with Crippen LogP contribution in [-0.2, 0) is 29.0 Å². The Labute approximate surface area is 206 Å². The zero-order valence-electron chi connectivity index (χ0n) is 20.3. The van der Waals surface area contributed by atoms with Crippen LogP contribution in [0.2, 0.25) is 0 Å². The molecule has 12 heteroatoms. The molecule has 1 unspecified atom stereocenters. The number of carbonyl (C=O) groups is 3. The van der Waals surface area contributed by atoms with Gasteiger partial charge in [-0.05, 0) is 51.2 Å². The molecule has 0 saturated carbocycles. The molecule has 1 atom stereocenters. The zero-order valence-corrected chi connectivity index (χ0v) is 21.1. The van der Waals surface area contributed by atoms with Gasteiger partial charge in [0.15, 0.2) is 16.1 Å². The number of ether oxygens (including phenoxy) is 1. The molecule has 3 rings (SSSR count). The highest BCUT2D eigenvalue weighted by Crippen LogP contribution is 2.18. The summed E-state index contributed by atoms with van der Waals surface area (Å²) in [5, 5.41) is 0.840. The smallest absolute Gasteiger partial charge is 0.432 e. The molecule has 0 N–H and O–H groups in total. The van der Waals surface area contributed by atoms with Crippen LogP contribution in [0.4, 0.5) is 4.79 Å². The van der Waals surface area contributed by atoms with Crippen molar-refractivity contribution in [2.24, 2.45) is 0 Å². The molecule has 2 amide bonds. The van der Waals surface area contributed by atoms with E-state index in [9.17, 15) is 22.8 Å². The molecule has 35 heavy (non-hydrogen) atoms. The van der Waals surface area contributed by atoms with Gasteiger partial charge in [-0.3, -0.25) is 9.80 Å². The first kappa shape index (κ1) is 26.9. The lowest BCUT2D eigenvalue weighted by atomic mass is 10.4. The molecule has 11 nitrogen and oxygen atoms in total. The van der Waals surface area contributed by atoms with Crippen molar-refractivity contribution in [1.82, 2.24) is 19.8 Å². The number of urea groups is 1. The van der Waals surface area contributed by atoms with Gasteiger partial charge in [0.2, 0.25) is 0 Å². The maximum absolute atomic E-state index is 13.5. The van der Waals surface area contributed by atoms with Crippen LogP contribution >= 0.6 is 0 Å². The number of carbonyl (C=O) groups excluding carboxylic acids is 3. The van der Waals surface area contributed by atoms with E-state index in [4.69, 9.17) is 9.57 Å². The average molecular weight is 511 g/mol. The first-order valence-electron chi connectivity index (χ1n) is 12.0. The van der Waals surface area contributed by atoms with Gasteiger partial charge < -0.3 is 14.5 Å². The summed E-state index contributed by atoms with van der Waals surface area (Å²) in [5.74, 6) is -2.87. The zero-order chi connectivity index (χ0) is 25.4. The summed E-state index contributed by atoms with van der Waals surface area (Å²) in [5.41, 5.74) is 0. The largest absolute Gasteiger partial charge is 0.441 e. The van der Waals surface area contributed by atoms with E-state index in [0.29, 0.717) is 6.54 Å².